The van der Waals surface area contributed by atoms with Crippen LogP contribution >= 0.6 is 10.7 Å². The summed E-state index contributed by atoms with van der Waals surface area (Å²) >= 11 is 0. The molecule has 15 heavy (non-hydrogen) atoms. The normalized spacial score (nSPS) is 13.7. The Labute approximate surface area is 91.5 Å². The predicted molar refractivity (Wildman–Crippen MR) is 53.6 cm³/mol. The van der Waals surface area contributed by atoms with Gasteiger partial charge in [0.25, 0.3) is 9.05 Å². The van der Waals surface area contributed by atoms with Crippen molar-refractivity contribution in [3.63, 3.8) is 0 Å². The fourth-order valence-corrected chi connectivity index (χ4v) is 1.64. The molecule has 1 rings (SSSR count). The Morgan fingerprint density at radius 3 is 2.73 bits per heavy atom. The van der Waals surface area contributed by atoms with Crippen molar-refractivity contribution < 1.29 is 13.2 Å². The molecule has 0 aromatic carbocycles. The quantitative estimate of drug-likeness (QED) is 0.758. The van der Waals surface area contributed by atoms with Crippen LogP contribution in [0.5, 0.6) is 0 Å². The van der Waals surface area contributed by atoms with E-state index in [9.17, 15) is 13.2 Å². The smallest absolute Gasteiger partial charge is 0.280 e. The van der Waals surface area contributed by atoms with E-state index >= 15 is 0 Å². The van der Waals surface area contributed by atoms with Crippen molar-refractivity contribution in [2.75, 3.05) is 0 Å². The summed E-state index contributed by atoms with van der Waals surface area (Å²) in [6.45, 7) is 1.91. The van der Waals surface area contributed by atoms with E-state index in [0.29, 0.717) is 0 Å². The van der Waals surface area contributed by atoms with Crippen molar-refractivity contribution in [1.29, 1.82) is 0 Å². The topological polar surface area (TPSA) is 95.1 Å². The summed E-state index contributed by atoms with van der Waals surface area (Å²) in [5, 5.41) is -0.235. The van der Waals surface area contributed by atoms with Gasteiger partial charge in [-0.15, -0.1) is 0 Å². The van der Waals surface area contributed by atoms with Gasteiger partial charge in [0, 0.05) is 23.4 Å². The molecule has 0 aliphatic heterocycles. The highest BCUT2D eigenvalue weighted by molar-refractivity contribution is 8.13. The summed E-state index contributed by atoms with van der Waals surface area (Å²) in [6.07, 6.45) is 2.54. The Morgan fingerprint density at radius 1 is 1.73 bits per heavy atom. The molecule has 0 aliphatic carbocycles. The number of nitrogens with zero attached hydrogens (tertiary/aromatic N) is 2. The number of imidazole rings is 1. The zero-order chi connectivity index (χ0) is 11.6. The SMILES string of the molecule is CC(Cn1cnc(S(=O)(=O)Cl)c1)C(N)=O. The lowest BCUT2D eigenvalue weighted by Gasteiger charge is -2.06. The van der Waals surface area contributed by atoms with Gasteiger partial charge < -0.3 is 10.3 Å². The molecule has 1 atom stereocenters. The summed E-state index contributed by atoms with van der Waals surface area (Å²) in [5.41, 5.74) is 5.06. The van der Waals surface area contributed by atoms with Crippen LogP contribution in [0.25, 0.3) is 0 Å². The molecule has 2 N–H and O–H groups in total. The fraction of sp³-hybridized carbons (Fsp3) is 0.429. The van der Waals surface area contributed by atoms with Gasteiger partial charge in [-0.25, -0.2) is 13.4 Å². The number of amides is 1. The fourth-order valence-electron chi connectivity index (χ4n) is 0.972. The van der Waals surface area contributed by atoms with Gasteiger partial charge >= 0.3 is 0 Å². The highest BCUT2D eigenvalue weighted by Crippen LogP contribution is 2.12. The van der Waals surface area contributed by atoms with E-state index in [-0.39, 0.29) is 11.6 Å². The summed E-state index contributed by atoms with van der Waals surface area (Å²) < 4.78 is 23.2. The standard InChI is InChI=1S/C7H10ClN3O3S/c1-5(7(9)12)2-11-3-6(10-4-11)15(8,13)14/h3-5H,2H2,1H3,(H2,9,12). The molecule has 0 saturated carbocycles. The third kappa shape index (κ3) is 3.21. The van der Waals surface area contributed by atoms with E-state index in [1.54, 1.807) is 6.92 Å². The molecule has 84 valence electrons. The van der Waals surface area contributed by atoms with Gasteiger partial charge in [0.15, 0.2) is 5.03 Å². The first-order valence-electron chi connectivity index (χ1n) is 4.06. The molecule has 1 aromatic heterocycles. The number of nitrogens with two attached hydrogens (primary N) is 1. The zero-order valence-corrected chi connectivity index (χ0v) is 9.49. The molecule has 0 aliphatic rings. The van der Waals surface area contributed by atoms with E-state index in [2.05, 4.69) is 4.98 Å². The Kier molecular flexibility index (Phi) is 3.35. The van der Waals surface area contributed by atoms with Gasteiger partial charge in [0.2, 0.25) is 5.91 Å². The molecular formula is C7H10ClN3O3S. The lowest BCUT2D eigenvalue weighted by molar-refractivity contribution is -0.121. The summed E-state index contributed by atoms with van der Waals surface area (Å²) in [7, 11) is 1.26. The molecule has 1 heterocycles. The molecular weight excluding hydrogens is 242 g/mol. The van der Waals surface area contributed by atoms with Crippen molar-refractivity contribution >= 4 is 25.6 Å². The third-order valence-electron chi connectivity index (χ3n) is 1.83. The van der Waals surface area contributed by atoms with Gasteiger partial charge in [-0.2, -0.15) is 0 Å². The molecule has 1 aromatic rings. The monoisotopic (exact) mass is 251 g/mol. The lowest BCUT2D eigenvalue weighted by Crippen LogP contribution is -2.24. The van der Waals surface area contributed by atoms with Crippen LogP contribution in [0.15, 0.2) is 17.6 Å². The first kappa shape index (κ1) is 12.0. The second-order valence-electron chi connectivity index (χ2n) is 3.15. The minimum Gasteiger partial charge on any atom is -0.369 e. The Hall–Kier alpha value is -1.08. The van der Waals surface area contributed by atoms with Crippen LogP contribution in [0, 0.1) is 5.92 Å². The van der Waals surface area contributed by atoms with Crippen LogP contribution in [-0.4, -0.2) is 23.9 Å². The Bertz CT molecular complexity index is 468. The van der Waals surface area contributed by atoms with Gasteiger partial charge in [0.05, 0.1) is 12.2 Å². The number of aromatic nitrogens is 2. The van der Waals surface area contributed by atoms with Crippen molar-refractivity contribution in [3.8, 4) is 0 Å². The molecule has 0 bridgehead atoms. The van der Waals surface area contributed by atoms with Crippen molar-refractivity contribution in [2.45, 2.75) is 18.5 Å². The first-order valence-corrected chi connectivity index (χ1v) is 6.37. The van der Waals surface area contributed by atoms with E-state index in [1.165, 1.54) is 17.1 Å². The number of primary amides is 1. The Balaban J connectivity index is 2.82. The lowest BCUT2D eigenvalue weighted by atomic mass is 10.2. The molecule has 1 amide bonds. The molecule has 0 saturated heterocycles. The molecule has 0 fully saturated rings. The van der Waals surface area contributed by atoms with Crippen LogP contribution in [0.1, 0.15) is 6.92 Å². The maximum absolute atomic E-state index is 10.9. The number of hydrogen-bond donors (Lipinski definition) is 1. The molecule has 8 heteroatoms. The third-order valence-corrected chi connectivity index (χ3v) is 3.01. The van der Waals surface area contributed by atoms with E-state index in [4.69, 9.17) is 16.4 Å². The minimum absolute atomic E-state index is 0.235. The number of hydrogen-bond acceptors (Lipinski definition) is 4. The van der Waals surface area contributed by atoms with Crippen molar-refractivity contribution in [1.82, 2.24) is 9.55 Å². The van der Waals surface area contributed by atoms with Gasteiger partial charge in [-0.1, -0.05) is 6.92 Å². The van der Waals surface area contributed by atoms with Gasteiger partial charge in [-0.05, 0) is 0 Å². The summed E-state index contributed by atoms with van der Waals surface area (Å²) in [6, 6.07) is 0. The second kappa shape index (κ2) is 4.19. The molecule has 1 unspecified atom stereocenters. The molecule has 6 nitrogen and oxygen atoms in total. The highest BCUT2D eigenvalue weighted by atomic mass is 35.7. The summed E-state index contributed by atoms with van der Waals surface area (Å²) in [5.74, 6) is -0.857. The number of halogens is 1. The van der Waals surface area contributed by atoms with Crippen LogP contribution < -0.4 is 5.73 Å². The average molecular weight is 252 g/mol. The number of carbonyl (C=O) groups excluding carboxylic acids is 1. The van der Waals surface area contributed by atoms with E-state index in [1.807, 2.05) is 0 Å². The van der Waals surface area contributed by atoms with Crippen LogP contribution in [0.2, 0.25) is 0 Å². The maximum atomic E-state index is 10.9. The van der Waals surface area contributed by atoms with Gasteiger partial charge in [0.1, 0.15) is 0 Å². The van der Waals surface area contributed by atoms with Crippen LogP contribution in [0.4, 0.5) is 0 Å². The van der Waals surface area contributed by atoms with Crippen molar-refractivity contribution in [2.24, 2.45) is 11.7 Å². The zero-order valence-electron chi connectivity index (χ0n) is 7.92. The second-order valence-corrected chi connectivity index (χ2v) is 5.66. The number of carbonyl (C=O) groups is 1. The van der Waals surface area contributed by atoms with E-state index in [0.717, 1.165) is 0 Å². The Morgan fingerprint density at radius 2 is 2.33 bits per heavy atom. The van der Waals surface area contributed by atoms with Gasteiger partial charge in [-0.3, -0.25) is 4.79 Å². The number of rotatable bonds is 4. The minimum atomic E-state index is -3.81. The van der Waals surface area contributed by atoms with Crippen LogP contribution in [0.3, 0.4) is 0 Å². The predicted octanol–water partition coefficient (Wildman–Crippen LogP) is -0.0680. The summed E-state index contributed by atoms with van der Waals surface area (Å²) in [4.78, 5) is 14.3. The average Bonchev–Trinajstić information content (AvgIpc) is 2.51. The molecule has 0 spiro atoms. The van der Waals surface area contributed by atoms with E-state index < -0.39 is 20.9 Å². The largest absolute Gasteiger partial charge is 0.369 e. The molecule has 0 radical (unpaired) electrons. The maximum Gasteiger partial charge on any atom is 0.280 e. The van der Waals surface area contributed by atoms with Crippen LogP contribution in [-0.2, 0) is 20.4 Å². The highest BCUT2D eigenvalue weighted by Gasteiger charge is 2.15. The van der Waals surface area contributed by atoms with Crippen molar-refractivity contribution in [3.05, 3.63) is 12.5 Å². The first-order chi connectivity index (χ1) is 6.80.